The molecule has 0 aliphatic rings. The Morgan fingerprint density at radius 3 is 2.58 bits per heavy atom. The maximum Gasteiger partial charge on any atom is 0.280 e. The summed E-state index contributed by atoms with van der Waals surface area (Å²) in [6.07, 6.45) is -0.0729. The van der Waals surface area contributed by atoms with Crippen LogP contribution in [0.5, 0.6) is 5.75 Å². The SMILES string of the molecule is CC(=O)c1cc(OC(C)CN(C)C)ccc1[N+](=O)[O-]. The van der Waals surface area contributed by atoms with Crippen molar-refractivity contribution < 1.29 is 14.5 Å². The minimum atomic E-state index is -0.566. The lowest BCUT2D eigenvalue weighted by Gasteiger charge is -2.18. The van der Waals surface area contributed by atoms with Gasteiger partial charge in [-0.15, -0.1) is 0 Å². The monoisotopic (exact) mass is 266 g/mol. The molecule has 6 nitrogen and oxygen atoms in total. The maximum atomic E-state index is 11.4. The minimum Gasteiger partial charge on any atom is -0.489 e. The fraction of sp³-hybridized carbons (Fsp3) is 0.462. The average molecular weight is 266 g/mol. The van der Waals surface area contributed by atoms with Crippen LogP contribution in [0, 0.1) is 10.1 Å². The highest BCUT2D eigenvalue weighted by Crippen LogP contribution is 2.25. The molecule has 0 bridgehead atoms. The van der Waals surface area contributed by atoms with E-state index in [0.29, 0.717) is 12.3 Å². The first-order chi connectivity index (χ1) is 8.81. The fourth-order valence-corrected chi connectivity index (χ4v) is 1.81. The molecular formula is C13H18N2O4. The van der Waals surface area contributed by atoms with Crippen molar-refractivity contribution in [3.8, 4) is 5.75 Å². The number of hydrogen-bond donors (Lipinski definition) is 0. The Morgan fingerprint density at radius 1 is 1.47 bits per heavy atom. The van der Waals surface area contributed by atoms with Gasteiger partial charge in [0, 0.05) is 12.6 Å². The van der Waals surface area contributed by atoms with Gasteiger partial charge in [0.1, 0.15) is 11.9 Å². The van der Waals surface area contributed by atoms with Crippen LogP contribution >= 0.6 is 0 Å². The summed E-state index contributed by atoms with van der Waals surface area (Å²) in [6.45, 7) is 3.91. The third-order valence-electron chi connectivity index (χ3n) is 2.50. The highest BCUT2D eigenvalue weighted by Gasteiger charge is 2.18. The molecule has 104 valence electrons. The van der Waals surface area contributed by atoms with Crippen LogP contribution in [-0.4, -0.2) is 42.4 Å². The van der Waals surface area contributed by atoms with Crippen molar-refractivity contribution >= 4 is 11.5 Å². The third-order valence-corrected chi connectivity index (χ3v) is 2.50. The molecule has 19 heavy (non-hydrogen) atoms. The van der Waals surface area contributed by atoms with Crippen molar-refractivity contribution in [1.29, 1.82) is 0 Å². The van der Waals surface area contributed by atoms with Gasteiger partial charge >= 0.3 is 0 Å². The lowest BCUT2D eigenvalue weighted by atomic mass is 10.1. The molecule has 1 atom stereocenters. The van der Waals surface area contributed by atoms with Crippen molar-refractivity contribution in [2.24, 2.45) is 0 Å². The fourth-order valence-electron chi connectivity index (χ4n) is 1.81. The standard InChI is InChI=1S/C13H18N2O4/c1-9(8-14(3)4)19-11-5-6-13(15(17)18)12(7-11)10(2)16/h5-7,9H,8H2,1-4H3. The lowest BCUT2D eigenvalue weighted by molar-refractivity contribution is -0.385. The Kier molecular flexibility index (Phi) is 5.00. The number of ether oxygens (including phenoxy) is 1. The number of ketones is 1. The zero-order chi connectivity index (χ0) is 14.6. The number of rotatable bonds is 6. The Morgan fingerprint density at radius 2 is 2.11 bits per heavy atom. The van der Waals surface area contributed by atoms with E-state index in [1.54, 1.807) is 0 Å². The summed E-state index contributed by atoms with van der Waals surface area (Å²) in [5.41, 5.74) is -0.125. The van der Waals surface area contributed by atoms with Crippen LogP contribution in [0.25, 0.3) is 0 Å². The predicted octanol–water partition coefficient (Wildman–Crippen LogP) is 2.13. The molecule has 0 spiro atoms. The summed E-state index contributed by atoms with van der Waals surface area (Å²) in [4.78, 5) is 23.6. The molecule has 0 radical (unpaired) electrons. The van der Waals surface area contributed by atoms with Crippen LogP contribution in [0.2, 0.25) is 0 Å². The molecule has 6 heteroatoms. The number of hydrogen-bond acceptors (Lipinski definition) is 5. The lowest BCUT2D eigenvalue weighted by Crippen LogP contribution is -2.28. The number of carbonyl (C=O) groups excluding carboxylic acids is 1. The second kappa shape index (κ2) is 6.29. The Labute approximate surface area is 112 Å². The van der Waals surface area contributed by atoms with E-state index in [4.69, 9.17) is 4.74 Å². The van der Waals surface area contributed by atoms with Crippen molar-refractivity contribution in [2.75, 3.05) is 20.6 Å². The Balaban J connectivity index is 2.96. The van der Waals surface area contributed by atoms with E-state index < -0.39 is 4.92 Å². The highest BCUT2D eigenvalue weighted by atomic mass is 16.6. The first-order valence-electron chi connectivity index (χ1n) is 5.92. The summed E-state index contributed by atoms with van der Waals surface area (Å²) in [6, 6.07) is 4.23. The molecule has 1 unspecified atom stereocenters. The van der Waals surface area contributed by atoms with E-state index in [9.17, 15) is 14.9 Å². The maximum absolute atomic E-state index is 11.4. The second-order valence-corrected chi connectivity index (χ2v) is 4.68. The van der Waals surface area contributed by atoms with E-state index in [1.807, 2.05) is 25.9 Å². The zero-order valence-electron chi connectivity index (χ0n) is 11.5. The van der Waals surface area contributed by atoms with Crippen LogP contribution in [0.15, 0.2) is 18.2 Å². The normalized spacial score (nSPS) is 12.3. The molecule has 0 saturated heterocycles. The van der Waals surface area contributed by atoms with Crippen LogP contribution in [0.1, 0.15) is 24.2 Å². The smallest absolute Gasteiger partial charge is 0.280 e. The Hall–Kier alpha value is -1.95. The molecule has 0 heterocycles. The van der Waals surface area contributed by atoms with Gasteiger partial charge in [-0.3, -0.25) is 14.9 Å². The number of carbonyl (C=O) groups is 1. The van der Waals surface area contributed by atoms with Crippen LogP contribution in [0.4, 0.5) is 5.69 Å². The summed E-state index contributed by atoms with van der Waals surface area (Å²) in [5, 5.41) is 10.8. The molecule has 0 N–H and O–H groups in total. The molecular weight excluding hydrogens is 248 g/mol. The van der Waals surface area contributed by atoms with E-state index in [-0.39, 0.29) is 23.1 Å². The summed E-state index contributed by atoms with van der Waals surface area (Å²) in [5.74, 6) is 0.113. The topological polar surface area (TPSA) is 72.7 Å². The molecule has 1 aromatic carbocycles. The van der Waals surface area contributed by atoms with Gasteiger partial charge in [0.15, 0.2) is 5.78 Å². The predicted molar refractivity (Wildman–Crippen MR) is 71.7 cm³/mol. The summed E-state index contributed by atoms with van der Waals surface area (Å²) < 4.78 is 5.63. The molecule has 1 rings (SSSR count). The summed E-state index contributed by atoms with van der Waals surface area (Å²) in [7, 11) is 3.85. The minimum absolute atomic E-state index is 0.0690. The molecule has 0 aliphatic heterocycles. The average Bonchev–Trinajstić information content (AvgIpc) is 2.27. The van der Waals surface area contributed by atoms with E-state index in [2.05, 4.69) is 0 Å². The molecule has 0 saturated carbocycles. The first kappa shape index (κ1) is 15.1. The van der Waals surface area contributed by atoms with Crippen molar-refractivity contribution in [3.05, 3.63) is 33.9 Å². The molecule has 0 amide bonds. The zero-order valence-corrected chi connectivity index (χ0v) is 11.5. The third kappa shape index (κ3) is 4.33. The number of nitro groups is 1. The second-order valence-electron chi connectivity index (χ2n) is 4.68. The van der Waals surface area contributed by atoms with Crippen molar-refractivity contribution in [3.63, 3.8) is 0 Å². The van der Waals surface area contributed by atoms with Gasteiger partial charge in [-0.1, -0.05) is 0 Å². The molecule has 0 fully saturated rings. The number of nitro benzene ring substituents is 1. The number of Topliss-reactive ketones (excluding diaryl/α,β-unsaturated/α-hetero) is 1. The summed E-state index contributed by atoms with van der Waals surface area (Å²) >= 11 is 0. The largest absolute Gasteiger partial charge is 0.489 e. The van der Waals surface area contributed by atoms with Gasteiger partial charge in [0.2, 0.25) is 0 Å². The number of likely N-dealkylation sites (N-methyl/N-ethyl adjacent to an activating group) is 1. The quantitative estimate of drug-likeness (QED) is 0.448. The molecule has 0 aromatic heterocycles. The Bertz CT molecular complexity index is 486. The van der Waals surface area contributed by atoms with Gasteiger partial charge in [-0.05, 0) is 40.1 Å². The van der Waals surface area contributed by atoms with Crippen LogP contribution in [0.3, 0.4) is 0 Å². The van der Waals surface area contributed by atoms with E-state index in [0.717, 1.165) is 0 Å². The number of benzene rings is 1. The van der Waals surface area contributed by atoms with Gasteiger partial charge in [0.05, 0.1) is 10.5 Å². The molecule has 0 aliphatic carbocycles. The first-order valence-corrected chi connectivity index (χ1v) is 5.92. The van der Waals surface area contributed by atoms with Gasteiger partial charge in [-0.2, -0.15) is 0 Å². The number of nitrogens with zero attached hydrogens (tertiary/aromatic N) is 2. The van der Waals surface area contributed by atoms with Crippen LogP contribution < -0.4 is 4.74 Å². The molecule has 1 aromatic rings. The van der Waals surface area contributed by atoms with Crippen molar-refractivity contribution in [2.45, 2.75) is 20.0 Å². The van der Waals surface area contributed by atoms with Gasteiger partial charge < -0.3 is 9.64 Å². The van der Waals surface area contributed by atoms with E-state index in [1.165, 1.54) is 25.1 Å². The van der Waals surface area contributed by atoms with E-state index >= 15 is 0 Å². The van der Waals surface area contributed by atoms with Crippen LogP contribution in [-0.2, 0) is 0 Å². The van der Waals surface area contributed by atoms with Gasteiger partial charge in [0.25, 0.3) is 5.69 Å². The van der Waals surface area contributed by atoms with Gasteiger partial charge in [-0.25, -0.2) is 0 Å². The van der Waals surface area contributed by atoms with Crippen molar-refractivity contribution in [1.82, 2.24) is 4.90 Å². The highest BCUT2D eigenvalue weighted by molar-refractivity contribution is 5.98.